The van der Waals surface area contributed by atoms with Crippen LogP contribution in [0.25, 0.3) is 11.0 Å². The maximum absolute atomic E-state index is 12.4. The van der Waals surface area contributed by atoms with Crippen LogP contribution in [0.1, 0.15) is 31.1 Å². The van der Waals surface area contributed by atoms with Gasteiger partial charge in [-0.25, -0.2) is 4.98 Å². The van der Waals surface area contributed by atoms with E-state index in [1.165, 1.54) is 11.8 Å². The molecular weight excluding hydrogens is 436 g/mol. The molecule has 0 radical (unpaired) electrons. The van der Waals surface area contributed by atoms with Gasteiger partial charge in [-0.1, -0.05) is 23.9 Å². The Kier molecular flexibility index (Phi) is 7.29. The summed E-state index contributed by atoms with van der Waals surface area (Å²) in [6.07, 6.45) is 1.25. The van der Waals surface area contributed by atoms with E-state index in [-0.39, 0.29) is 11.7 Å². The number of imidazole rings is 1. The molecule has 2 heterocycles. The zero-order valence-electron chi connectivity index (χ0n) is 19.1. The number of aromatic nitrogens is 4. The molecule has 0 spiro atoms. The van der Waals surface area contributed by atoms with Gasteiger partial charge in [-0.2, -0.15) is 0 Å². The van der Waals surface area contributed by atoms with E-state index >= 15 is 0 Å². The molecule has 0 bridgehead atoms. The topological polar surface area (TPSA) is 99.9 Å². The van der Waals surface area contributed by atoms with Gasteiger partial charge in [-0.3, -0.25) is 4.79 Å². The van der Waals surface area contributed by atoms with Crippen molar-refractivity contribution in [3.63, 3.8) is 0 Å². The maximum Gasteiger partial charge on any atom is 0.277 e. The highest BCUT2D eigenvalue weighted by atomic mass is 32.2. The number of aryl methyl sites for hydroxylation is 3. The highest BCUT2D eigenvalue weighted by molar-refractivity contribution is 7.99. The van der Waals surface area contributed by atoms with Crippen LogP contribution in [0.4, 0.5) is 11.4 Å². The maximum atomic E-state index is 12.4. The number of thioether (sulfide) groups is 1. The Balaban J connectivity index is 1.27. The summed E-state index contributed by atoms with van der Waals surface area (Å²) >= 11 is 1.23. The highest BCUT2D eigenvalue weighted by Crippen LogP contribution is 2.24. The minimum Gasteiger partial charge on any atom is -0.416 e. The molecule has 4 aromatic rings. The molecular formula is C24H28N6O2S. The number of nitrogens with zero attached hydrogens (tertiary/aromatic N) is 4. The van der Waals surface area contributed by atoms with Gasteiger partial charge in [0.15, 0.2) is 0 Å². The zero-order valence-corrected chi connectivity index (χ0v) is 19.9. The van der Waals surface area contributed by atoms with Crippen molar-refractivity contribution in [1.82, 2.24) is 20.2 Å². The monoisotopic (exact) mass is 464 g/mol. The van der Waals surface area contributed by atoms with Crippen LogP contribution in [-0.2, 0) is 17.6 Å². The van der Waals surface area contributed by atoms with Crippen LogP contribution in [0.5, 0.6) is 0 Å². The minimum atomic E-state index is -0.110. The number of carbonyl (C=O) groups excluding carboxylic acids is 1. The van der Waals surface area contributed by atoms with Gasteiger partial charge in [0.2, 0.25) is 11.8 Å². The first kappa shape index (κ1) is 22.8. The van der Waals surface area contributed by atoms with Crippen LogP contribution in [0, 0.1) is 6.92 Å². The Morgan fingerprint density at radius 1 is 1.12 bits per heavy atom. The van der Waals surface area contributed by atoms with E-state index in [2.05, 4.69) is 50.3 Å². The smallest absolute Gasteiger partial charge is 0.277 e. The molecule has 2 aromatic heterocycles. The molecule has 0 unspecified atom stereocenters. The number of hydrogen-bond acceptors (Lipinski definition) is 7. The summed E-state index contributed by atoms with van der Waals surface area (Å²) in [5, 5.41) is 11.5. The summed E-state index contributed by atoms with van der Waals surface area (Å²) in [5.41, 5.74) is 4.96. The molecule has 0 fully saturated rings. The van der Waals surface area contributed by atoms with Crippen LogP contribution < -0.4 is 10.2 Å². The van der Waals surface area contributed by atoms with Crippen LogP contribution in [-0.4, -0.2) is 44.9 Å². The predicted octanol–water partition coefficient (Wildman–Crippen LogP) is 4.62. The molecule has 0 aliphatic heterocycles. The molecule has 0 saturated carbocycles. The Bertz CT molecular complexity index is 1200. The van der Waals surface area contributed by atoms with Crippen molar-refractivity contribution in [2.75, 3.05) is 29.1 Å². The predicted molar refractivity (Wildman–Crippen MR) is 132 cm³/mol. The summed E-state index contributed by atoms with van der Waals surface area (Å²) in [5.74, 6) is 1.50. The third kappa shape index (κ3) is 5.73. The number of hydrogen-bond donors (Lipinski definition) is 2. The number of amides is 1. The lowest BCUT2D eigenvalue weighted by molar-refractivity contribution is -0.113. The zero-order chi connectivity index (χ0) is 23.2. The first-order valence-electron chi connectivity index (χ1n) is 11.1. The molecule has 33 heavy (non-hydrogen) atoms. The molecule has 0 aliphatic rings. The number of carbonyl (C=O) groups is 1. The van der Waals surface area contributed by atoms with Gasteiger partial charge in [0.05, 0.1) is 16.8 Å². The third-order valence-electron chi connectivity index (χ3n) is 5.40. The SMILES string of the molecule is CCN(CC)c1ccc(NC(=O)CSc2nnc(CCc3nc4ccccc4[nH]3)o2)c(C)c1. The summed E-state index contributed by atoms with van der Waals surface area (Å²) in [6.45, 7) is 8.16. The van der Waals surface area contributed by atoms with E-state index in [9.17, 15) is 4.79 Å². The Morgan fingerprint density at radius 2 is 1.94 bits per heavy atom. The second-order valence-corrected chi connectivity index (χ2v) is 8.60. The van der Waals surface area contributed by atoms with E-state index in [1.54, 1.807) is 0 Å². The van der Waals surface area contributed by atoms with Gasteiger partial charge in [0.25, 0.3) is 5.22 Å². The van der Waals surface area contributed by atoms with Crippen molar-refractivity contribution in [3.8, 4) is 0 Å². The molecule has 0 atom stereocenters. The summed E-state index contributed by atoms with van der Waals surface area (Å²) < 4.78 is 5.68. The number of benzene rings is 2. The first-order chi connectivity index (χ1) is 16.1. The van der Waals surface area contributed by atoms with Gasteiger partial charge in [0, 0.05) is 37.3 Å². The van der Waals surface area contributed by atoms with E-state index < -0.39 is 0 Å². The Labute approximate surface area is 197 Å². The second-order valence-electron chi connectivity index (χ2n) is 7.67. The molecule has 9 heteroatoms. The van der Waals surface area contributed by atoms with Crippen molar-refractivity contribution in [2.24, 2.45) is 0 Å². The fraction of sp³-hybridized carbons (Fsp3) is 0.333. The summed E-state index contributed by atoms with van der Waals surface area (Å²) in [4.78, 5) is 22.6. The summed E-state index contributed by atoms with van der Waals surface area (Å²) in [7, 11) is 0. The quantitative estimate of drug-likeness (QED) is 0.330. The molecule has 0 aliphatic carbocycles. The van der Waals surface area contributed by atoms with Crippen molar-refractivity contribution in [3.05, 3.63) is 59.7 Å². The fourth-order valence-electron chi connectivity index (χ4n) is 3.63. The lowest BCUT2D eigenvalue weighted by atomic mass is 10.1. The number of anilines is 2. The van der Waals surface area contributed by atoms with E-state index in [1.807, 2.05) is 43.3 Å². The number of nitrogens with one attached hydrogen (secondary N) is 2. The van der Waals surface area contributed by atoms with Gasteiger partial charge >= 0.3 is 0 Å². The van der Waals surface area contributed by atoms with Crippen molar-refractivity contribution < 1.29 is 9.21 Å². The normalized spacial score (nSPS) is 11.1. The van der Waals surface area contributed by atoms with E-state index in [4.69, 9.17) is 4.42 Å². The number of para-hydroxylation sites is 2. The van der Waals surface area contributed by atoms with E-state index in [0.29, 0.717) is 24.0 Å². The number of fused-ring (bicyclic) bond motifs is 1. The molecule has 2 N–H and O–H groups in total. The van der Waals surface area contributed by atoms with Crippen LogP contribution in [0.15, 0.2) is 52.1 Å². The lowest BCUT2D eigenvalue weighted by Crippen LogP contribution is -2.22. The molecule has 172 valence electrons. The molecule has 1 amide bonds. The van der Waals surface area contributed by atoms with Crippen LogP contribution >= 0.6 is 11.8 Å². The number of H-pyrrole nitrogens is 1. The van der Waals surface area contributed by atoms with Gasteiger partial charge < -0.3 is 19.6 Å². The third-order valence-corrected chi connectivity index (χ3v) is 6.22. The molecule has 0 saturated heterocycles. The standard InChI is InChI=1S/C24H28N6O2S/c1-4-30(5-2)17-10-11-18(16(3)14-17)27-22(31)15-33-24-29-28-23(32-24)13-12-21-25-19-8-6-7-9-20(19)26-21/h6-11,14H,4-5,12-13,15H2,1-3H3,(H,25,26)(H,27,31). The number of aromatic amines is 1. The Morgan fingerprint density at radius 3 is 2.70 bits per heavy atom. The minimum absolute atomic E-state index is 0.110. The van der Waals surface area contributed by atoms with Gasteiger partial charge in [0.1, 0.15) is 5.82 Å². The largest absolute Gasteiger partial charge is 0.416 e. The molecule has 2 aromatic carbocycles. The fourth-order valence-corrected chi connectivity index (χ4v) is 4.21. The van der Waals surface area contributed by atoms with Crippen molar-refractivity contribution >= 4 is 40.1 Å². The van der Waals surface area contributed by atoms with Crippen LogP contribution in [0.2, 0.25) is 0 Å². The molecule has 8 nitrogen and oxygen atoms in total. The summed E-state index contributed by atoms with van der Waals surface area (Å²) in [6, 6.07) is 14.0. The lowest BCUT2D eigenvalue weighted by Gasteiger charge is -2.22. The second kappa shape index (κ2) is 10.5. The van der Waals surface area contributed by atoms with Gasteiger partial charge in [-0.05, 0) is 56.7 Å². The highest BCUT2D eigenvalue weighted by Gasteiger charge is 2.12. The first-order valence-corrected chi connectivity index (χ1v) is 12.1. The van der Waals surface area contributed by atoms with Gasteiger partial charge in [-0.15, -0.1) is 10.2 Å². The van der Waals surface area contributed by atoms with E-state index in [0.717, 1.165) is 46.9 Å². The average Bonchev–Trinajstić information content (AvgIpc) is 3.45. The molecule has 4 rings (SSSR count). The van der Waals surface area contributed by atoms with Crippen LogP contribution in [0.3, 0.4) is 0 Å². The average molecular weight is 465 g/mol. The Hall–Kier alpha value is -3.33. The van der Waals surface area contributed by atoms with Crippen molar-refractivity contribution in [2.45, 2.75) is 38.8 Å². The van der Waals surface area contributed by atoms with Crippen molar-refractivity contribution in [1.29, 1.82) is 0 Å². The number of rotatable bonds is 10.